The molecule has 0 aliphatic carbocycles. The van der Waals surface area contributed by atoms with E-state index < -0.39 is 12.6 Å². The van der Waals surface area contributed by atoms with Gasteiger partial charge in [0.25, 0.3) is 0 Å². The van der Waals surface area contributed by atoms with E-state index in [1.807, 2.05) is 6.92 Å². The molecule has 0 radical (unpaired) electrons. The molecule has 7 heteroatoms. The van der Waals surface area contributed by atoms with Crippen molar-refractivity contribution in [3.8, 4) is 0 Å². The first kappa shape index (κ1) is 16.7. The van der Waals surface area contributed by atoms with Crippen LogP contribution in [0.4, 0.5) is 18.9 Å². The summed E-state index contributed by atoms with van der Waals surface area (Å²) in [5.74, 6) is 0. The van der Waals surface area contributed by atoms with Gasteiger partial charge in [0.1, 0.15) is 4.99 Å². The Morgan fingerprint density at radius 2 is 2.00 bits per heavy atom. The number of nitrogens with two attached hydrogens (primary N) is 1. The number of aromatic nitrogens is 1. The maximum atomic E-state index is 12.0. The van der Waals surface area contributed by atoms with Gasteiger partial charge in [-0.2, -0.15) is 13.2 Å². The Morgan fingerprint density at radius 1 is 1.35 bits per heavy atom. The van der Waals surface area contributed by atoms with E-state index in [0.29, 0.717) is 18.5 Å². The second-order valence-electron chi connectivity index (χ2n) is 4.63. The van der Waals surface area contributed by atoms with Crippen molar-refractivity contribution in [3.05, 3.63) is 23.0 Å². The zero-order chi connectivity index (χ0) is 15.3. The van der Waals surface area contributed by atoms with Crippen LogP contribution in [0.5, 0.6) is 0 Å². The van der Waals surface area contributed by atoms with Gasteiger partial charge >= 0.3 is 6.18 Å². The number of rotatable bonds is 6. The Bertz CT molecular complexity index is 486. The van der Waals surface area contributed by atoms with E-state index >= 15 is 0 Å². The van der Waals surface area contributed by atoms with E-state index in [0.717, 1.165) is 17.1 Å². The number of nitrogens with one attached hydrogen (secondary N) is 1. The third kappa shape index (κ3) is 5.32. The number of pyridine rings is 1. The van der Waals surface area contributed by atoms with E-state index in [2.05, 4.69) is 10.3 Å². The number of unbranched alkanes of at least 4 members (excludes halogenated alkanes) is 1. The fourth-order valence-corrected chi connectivity index (χ4v) is 2.21. The molecule has 0 spiro atoms. The summed E-state index contributed by atoms with van der Waals surface area (Å²) >= 11 is 4.98. The molecule has 1 heterocycles. The summed E-state index contributed by atoms with van der Waals surface area (Å²) in [6.45, 7) is 4.08. The summed E-state index contributed by atoms with van der Waals surface area (Å²) in [5.41, 5.74) is 8.56. The van der Waals surface area contributed by atoms with Crippen LogP contribution < -0.4 is 11.1 Å². The van der Waals surface area contributed by atoms with Crippen molar-refractivity contribution in [2.45, 2.75) is 39.3 Å². The van der Waals surface area contributed by atoms with Gasteiger partial charge in [0.15, 0.2) is 0 Å². The van der Waals surface area contributed by atoms with Crippen molar-refractivity contribution in [2.75, 3.05) is 11.9 Å². The van der Waals surface area contributed by atoms with E-state index in [1.54, 1.807) is 13.0 Å². The van der Waals surface area contributed by atoms with E-state index in [-0.39, 0.29) is 11.4 Å². The number of nitrogens with zero attached hydrogens (tertiary/aromatic N) is 1. The van der Waals surface area contributed by atoms with Gasteiger partial charge in [-0.15, -0.1) is 0 Å². The number of thiocarbonyl (C=S) groups is 1. The lowest BCUT2D eigenvalue weighted by Crippen LogP contribution is -2.17. The van der Waals surface area contributed by atoms with Gasteiger partial charge in [0, 0.05) is 30.0 Å². The van der Waals surface area contributed by atoms with Crippen molar-refractivity contribution in [2.24, 2.45) is 5.73 Å². The molecule has 0 aliphatic heterocycles. The van der Waals surface area contributed by atoms with Crippen LogP contribution in [0.15, 0.2) is 6.07 Å². The Labute approximate surface area is 121 Å². The molecule has 20 heavy (non-hydrogen) atoms. The molecule has 0 aliphatic rings. The molecular weight excluding hydrogens is 287 g/mol. The average molecular weight is 305 g/mol. The third-order valence-corrected chi connectivity index (χ3v) is 2.98. The lowest BCUT2D eigenvalue weighted by atomic mass is 10.1. The Kier molecular flexibility index (Phi) is 5.74. The predicted octanol–water partition coefficient (Wildman–Crippen LogP) is 3.48. The van der Waals surface area contributed by atoms with Gasteiger partial charge in [0.2, 0.25) is 0 Å². The van der Waals surface area contributed by atoms with E-state index in [1.165, 1.54) is 0 Å². The van der Waals surface area contributed by atoms with Crippen LogP contribution in [0.2, 0.25) is 0 Å². The molecule has 3 nitrogen and oxygen atoms in total. The zero-order valence-electron chi connectivity index (χ0n) is 11.5. The topological polar surface area (TPSA) is 50.9 Å². The largest absolute Gasteiger partial charge is 0.389 e. The van der Waals surface area contributed by atoms with Crippen LogP contribution in [-0.4, -0.2) is 22.7 Å². The van der Waals surface area contributed by atoms with Gasteiger partial charge in [-0.1, -0.05) is 12.2 Å². The number of aryl methyl sites for hydroxylation is 2. The van der Waals surface area contributed by atoms with Gasteiger partial charge in [-0.3, -0.25) is 4.98 Å². The van der Waals surface area contributed by atoms with E-state index in [9.17, 15) is 13.2 Å². The second-order valence-corrected chi connectivity index (χ2v) is 5.07. The molecule has 0 bridgehead atoms. The molecule has 0 amide bonds. The molecule has 1 aromatic rings. The molecule has 0 unspecified atom stereocenters. The van der Waals surface area contributed by atoms with E-state index in [4.69, 9.17) is 18.0 Å². The van der Waals surface area contributed by atoms with Crippen LogP contribution in [0.1, 0.15) is 36.2 Å². The van der Waals surface area contributed by atoms with Crippen LogP contribution in [0.3, 0.4) is 0 Å². The SMILES string of the molecule is Cc1cc(NCCCCC(F)(F)F)c(C(N)=S)c(C)n1. The highest BCUT2D eigenvalue weighted by Gasteiger charge is 2.25. The van der Waals surface area contributed by atoms with Gasteiger partial charge < -0.3 is 11.1 Å². The molecule has 0 atom stereocenters. The molecule has 0 fully saturated rings. The van der Waals surface area contributed by atoms with Gasteiger partial charge in [0.05, 0.1) is 5.56 Å². The van der Waals surface area contributed by atoms with Crippen molar-refractivity contribution >= 4 is 22.9 Å². The lowest BCUT2D eigenvalue weighted by Gasteiger charge is -2.14. The average Bonchev–Trinajstić information content (AvgIpc) is 2.25. The first-order chi connectivity index (χ1) is 9.20. The quantitative estimate of drug-likeness (QED) is 0.624. The summed E-state index contributed by atoms with van der Waals surface area (Å²) in [6.07, 6.45) is -4.32. The number of anilines is 1. The van der Waals surface area contributed by atoms with Gasteiger partial charge in [-0.05, 0) is 32.8 Å². The molecule has 1 aromatic heterocycles. The van der Waals surface area contributed by atoms with Crippen LogP contribution in [-0.2, 0) is 0 Å². The second kappa shape index (κ2) is 6.88. The fraction of sp³-hybridized carbons (Fsp3) is 0.538. The lowest BCUT2D eigenvalue weighted by molar-refractivity contribution is -0.135. The van der Waals surface area contributed by atoms with Crippen molar-refractivity contribution in [1.29, 1.82) is 0 Å². The maximum absolute atomic E-state index is 12.0. The first-order valence-corrected chi connectivity index (χ1v) is 6.70. The maximum Gasteiger partial charge on any atom is 0.389 e. The summed E-state index contributed by atoms with van der Waals surface area (Å²) in [5, 5.41) is 3.09. The number of alkyl halides is 3. The highest BCUT2D eigenvalue weighted by Crippen LogP contribution is 2.23. The van der Waals surface area contributed by atoms with Crippen LogP contribution in [0, 0.1) is 13.8 Å². The molecule has 3 N–H and O–H groups in total. The predicted molar refractivity (Wildman–Crippen MR) is 78.0 cm³/mol. The Balaban J connectivity index is 2.62. The molecule has 0 aromatic carbocycles. The molecule has 0 saturated carbocycles. The normalized spacial score (nSPS) is 11.4. The standard InChI is InChI=1S/C13H18F3N3S/c1-8-7-10(11(12(17)20)9(2)19-8)18-6-4-3-5-13(14,15)16/h7H,3-6H2,1-2H3,(H2,17,20)(H,18,19). The first-order valence-electron chi connectivity index (χ1n) is 6.29. The number of hydrogen-bond acceptors (Lipinski definition) is 3. The van der Waals surface area contributed by atoms with Gasteiger partial charge in [-0.25, -0.2) is 0 Å². The van der Waals surface area contributed by atoms with Crippen LogP contribution in [0.25, 0.3) is 0 Å². The van der Waals surface area contributed by atoms with Crippen molar-refractivity contribution in [1.82, 2.24) is 4.98 Å². The summed E-state index contributed by atoms with van der Waals surface area (Å²) < 4.78 is 36.1. The Hall–Kier alpha value is -1.37. The third-order valence-electron chi connectivity index (χ3n) is 2.78. The molecule has 112 valence electrons. The summed E-state index contributed by atoms with van der Waals surface area (Å²) in [6, 6.07) is 1.80. The summed E-state index contributed by atoms with van der Waals surface area (Å²) in [7, 11) is 0. The highest BCUT2D eigenvalue weighted by atomic mass is 32.1. The minimum atomic E-state index is -4.09. The molecular formula is C13H18F3N3S. The van der Waals surface area contributed by atoms with Crippen molar-refractivity contribution < 1.29 is 13.2 Å². The molecule has 1 rings (SSSR count). The smallest absolute Gasteiger partial charge is 0.389 e. The Morgan fingerprint density at radius 3 is 2.55 bits per heavy atom. The monoisotopic (exact) mass is 305 g/mol. The zero-order valence-corrected chi connectivity index (χ0v) is 12.3. The van der Waals surface area contributed by atoms with Crippen molar-refractivity contribution in [3.63, 3.8) is 0 Å². The molecule has 0 saturated heterocycles. The fourth-order valence-electron chi connectivity index (χ4n) is 1.95. The highest BCUT2D eigenvalue weighted by molar-refractivity contribution is 7.80. The summed E-state index contributed by atoms with van der Waals surface area (Å²) in [4.78, 5) is 4.51. The minimum Gasteiger partial charge on any atom is -0.389 e. The number of hydrogen-bond donors (Lipinski definition) is 2. The van der Waals surface area contributed by atoms with Crippen LogP contribution >= 0.6 is 12.2 Å². The number of halogens is 3. The minimum absolute atomic E-state index is 0.0992.